The second-order valence-electron chi connectivity index (χ2n) is 4.47. The molecule has 0 saturated carbocycles. The van der Waals surface area contributed by atoms with Gasteiger partial charge in [0.15, 0.2) is 0 Å². The molecule has 0 aliphatic carbocycles. The number of rotatable bonds is 3. The lowest BCUT2D eigenvalue weighted by molar-refractivity contribution is 0.0958. The van der Waals surface area contributed by atoms with Crippen LogP contribution in [0.25, 0.3) is 6.08 Å². The Morgan fingerprint density at radius 1 is 1.29 bits per heavy atom. The van der Waals surface area contributed by atoms with Crippen LogP contribution in [0.4, 0.5) is 0 Å². The van der Waals surface area contributed by atoms with E-state index in [9.17, 15) is 4.79 Å². The summed E-state index contributed by atoms with van der Waals surface area (Å²) in [5.74, 6) is 0.626. The number of hydrogen-bond acceptors (Lipinski definition) is 1. The summed E-state index contributed by atoms with van der Waals surface area (Å²) in [6, 6.07) is 6.21. The molecule has 0 bridgehead atoms. The van der Waals surface area contributed by atoms with Crippen molar-refractivity contribution in [2.45, 2.75) is 32.6 Å². The predicted molar refractivity (Wildman–Crippen MR) is 71.1 cm³/mol. The van der Waals surface area contributed by atoms with Crippen molar-refractivity contribution >= 4 is 12.0 Å². The van der Waals surface area contributed by atoms with Gasteiger partial charge in [0.25, 0.3) is 5.91 Å². The van der Waals surface area contributed by atoms with Crippen LogP contribution in [-0.2, 0) is 0 Å². The average Bonchev–Trinajstić information content (AvgIpc) is 2.53. The Bertz CT molecular complexity index is 444. The van der Waals surface area contributed by atoms with Crippen LogP contribution in [0.2, 0.25) is 0 Å². The molecular weight excluding hydrogens is 210 g/mol. The number of amides is 1. The van der Waals surface area contributed by atoms with E-state index in [4.69, 9.17) is 0 Å². The van der Waals surface area contributed by atoms with E-state index in [1.807, 2.05) is 18.2 Å². The molecule has 1 amide bonds. The van der Waals surface area contributed by atoms with Crippen molar-refractivity contribution in [3.8, 4) is 0 Å². The molecule has 1 aliphatic rings. The van der Waals surface area contributed by atoms with Gasteiger partial charge < -0.3 is 5.32 Å². The highest BCUT2D eigenvalue weighted by atomic mass is 16.1. The Kier molecular flexibility index (Phi) is 3.62. The molecule has 0 atom stereocenters. The van der Waals surface area contributed by atoms with Crippen LogP contribution in [0.5, 0.6) is 0 Å². The normalized spacial score (nSPS) is 14.4. The number of hydrogen-bond donors (Lipinski definition) is 1. The smallest absolute Gasteiger partial charge is 0.252 e. The van der Waals surface area contributed by atoms with Crippen molar-refractivity contribution < 1.29 is 4.79 Å². The quantitative estimate of drug-likeness (QED) is 0.846. The molecule has 90 valence electrons. The summed E-state index contributed by atoms with van der Waals surface area (Å²) in [4.78, 5) is 11.8. The Morgan fingerprint density at radius 2 is 2.06 bits per heavy atom. The summed E-state index contributed by atoms with van der Waals surface area (Å²) in [7, 11) is 0. The zero-order valence-corrected chi connectivity index (χ0v) is 10.5. The van der Waals surface area contributed by atoms with Gasteiger partial charge in [0.1, 0.15) is 0 Å². The lowest BCUT2D eigenvalue weighted by Crippen LogP contribution is -2.22. The van der Waals surface area contributed by atoms with Gasteiger partial charge >= 0.3 is 0 Å². The molecule has 0 fully saturated rings. The van der Waals surface area contributed by atoms with Gasteiger partial charge in [0.2, 0.25) is 0 Å². The first-order valence-electron chi connectivity index (χ1n) is 6.35. The molecule has 1 aromatic carbocycles. The molecule has 0 spiro atoms. The van der Waals surface area contributed by atoms with E-state index in [0.717, 1.165) is 24.0 Å². The zero-order chi connectivity index (χ0) is 12.3. The maximum absolute atomic E-state index is 11.8. The summed E-state index contributed by atoms with van der Waals surface area (Å²) in [6.07, 6.45) is 6.33. The summed E-state index contributed by atoms with van der Waals surface area (Å²) in [6.45, 7) is 5.04. The van der Waals surface area contributed by atoms with Crippen LogP contribution in [0.15, 0.2) is 24.3 Å². The SMILES string of the molecule is CCC(CC)c1ccc2c(c1)C=CCNC2=O. The van der Waals surface area contributed by atoms with E-state index in [1.165, 1.54) is 5.56 Å². The van der Waals surface area contributed by atoms with Gasteiger partial charge in [-0.2, -0.15) is 0 Å². The second-order valence-corrected chi connectivity index (χ2v) is 4.47. The number of carbonyl (C=O) groups is 1. The lowest BCUT2D eigenvalue weighted by atomic mass is 9.91. The molecule has 2 heteroatoms. The molecule has 0 radical (unpaired) electrons. The van der Waals surface area contributed by atoms with Crippen LogP contribution in [0.1, 0.15) is 54.1 Å². The van der Waals surface area contributed by atoms with Crippen molar-refractivity contribution in [2.75, 3.05) is 6.54 Å². The maximum atomic E-state index is 11.8. The second kappa shape index (κ2) is 5.17. The molecule has 1 aliphatic heterocycles. The molecule has 1 N–H and O–H groups in total. The van der Waals surface area contributed by atoms with Gasteiger partial charge in [-0.3, -0.25) is 4.79 Å². The minimum absolute atomic E-state index is 0.0288. The fourth-order valence-electron chi connectivity index (χ4n) is 2.37. The number of benzene rings is 1. The fraction of sp³-hybridized carbons (Fsp3) is 0.400. The molecule has 17 heavy (non-hydrogen) atoms. The molecule has 1 heterocycles. The Morgan fingerprint density at radius 3 is 2.76 bits per heavy atom. The summed E-state index contributed by atoms with van der Waals surface area (Å²) < 4.78 is 0. The summed E-state index contributed by atoms with van der Waals surface area (Å²) >= 11 is 0. The standard InChI is InChI=1S/C15H19NO/c1-3-11(4-2)12-7-8-14-13(10-12)6-5-9-16-15(14)17/h5-8,10-11H,3-4,9H2,1-2H3,(H,16,17). The van der Waals surface area contributed by atoms with Gasteiger partial charge in [-0.1, -0.05) is 38.1 Å². The van der Waals surface area contributed by atoms with Gasteiger partial charge in [0, 0.05) is 12.1 Å². The largest absolute Gasteiger partial charge is 0.349 e. The van der Waals surface area contributed by atoms with Gasteiger partial charge in [0.05, 0.1) is 0 Å². The van der Waals surface area contributed by atoms with E-state index >= 15 is 0 Å². The molecule has 0 aromatic heterocycles. The van der Waals surface area contributed by atoms with Crippen molar-refractivity contribution in [3.05, 3.63) is 41.0 Å². The molecule has 1 aromatic rings. The van der Waals surface area contributed by atoms with Crippen molar-refractivity contribution in [1.82, 2.24) is 5.32 Å². The zero-order valence-electron chi connectivity index (χ0n) is 10.5. The van der Waals surface area contributed by atoms with Crippen LogP contribution < -0.4 is 5.32 Å². The van der Waals surface area contributed by atoms with E-state index in [0.29, 0.717) is 12.5 Å². The third-order valence-electron chi connectivity index (χ3n) is 3.46. The fourth-order valence-corrected chi connectivity index (χ4v) is 2.37. The molecule has 0 unspecified atom stereocenters. The maximum Gasteiger partial charge on any atom is 0.252 e. The monoisotopic (exact) mass is 229 g/mol. The van der Waals surface area contributed by atoms with Crippen molar-refractivity contribution in [2.24, 2.45) is 0 Å². The predicted octanol–water partition coefficient (Wildman–Crippen LogP) is 3.35. The number of fused-ring (bicyclic) bond motifs is 1. The molecule has 2 rings (SSSR count). The van der Waals surface area contributed by atoms with Crippen LogP contribution in [0, 0.1) is 0 Å². The highest BCUT2D eigenvalue weighted by molar-refractivity contribution is 5.98. The number of nitrogens with one attached hydrogen (secondary N) is 1. The van der Waals surface area contributed by atoms with Crippen molar-refractivity contribution in [1.29, 1.82) is 0 Å². The Hall–Kier alpha value is -1.57. The Labute approximate surface area is 103 Å². The number of carbonyl (C=O) groups excluding carboxylic acids is 1. The van der Waals surface area contributed by atoms with Crippen LogP contribution in [-0.4, -0.2) is 12.5 Å². The minimum Gasteiger partial charge on any atom is -0.349 e. The average molecular weight is 229 g/mol. The van der Waals surface area contributed by atoms with Gasteiger partial charge in [-0.25, -0.2) is 0 Å². The van der Waals surface area contributed by atoms with Crippen molar-refractivity contribution in [3.63, 3.8) is 0 Å². The minimum atomic E-state index is 0.0288. The first-order valence-corrected chi connectivity index (χ1v) is 6.35. The van der Waals surface area contributed by atoms with E-state index in [-0.39, 0.29) is 5.91 Å². The first kappa shape index (κ1) is 11.9. The van der Waals surface area contributed by atoms with Crippen LogP contribution in [0.3, 0.4) is 0 Å². The third-order valence-corrected chi connectivity index (χ3v) is 3.46. The highest BCUT2D eigenvalue weighted by Gasteiger charge is 2.14. The Balaban J connectivity index is 2.41. The highest BCUT2D eigenvalue weighted by Crippen LogP contribution is 2.26. The third kappa shape index (κ3) is 2.41. The van der Waals surface area contributed by atoms with Gasteiger partial charge in [-0.05, 0) is 36.0 Å². The lowest BCUT2D eigenvalue weighted by Gasteiger charge is -2.14. The molecule has 2 nitrogen and oxygen atoms in total. The summed E-state index contributed by atoms with van der Waals surface area (Å²) in [5, 5.41) is 2.85. The van der Waals surface area contributed by atoms with E-state index in [2.05, 4.69) is 31.3 Å². The van der Waals surface area contributed by atoms with Gasteiger partial charge in [-0.15, -0.1) is 0 Å². The van der Waals surface area contributed by atoms with E-state index < -0.39 is 0 Å². The molecule has 0 saturated heterocycles. The van der Waals surface area contributed by atoms with Crippen LogP contribution >= 0.6 is 0 Å². The van der Waals surface area contributed by atoms with E-state index in [1.54, 1.807) is 0 Å². The first-order chi connectivity index (χ1) is 8.26. The molecular formula is C15H19NO. The topological polar surface area (TPSA) is 29.1 Å². The summed E-state index contributed by atoms with van der Waals surface area (Å²) in [5.41, 5.74) is 3.17.